The van der Waals surface area contributed by atoms with Gasteiger partial charge < -0.3 is 19.9 Å². The van der Waals surface area contributed by atoms with Gasteiger partial charge in [-0.05, 0) is 47.5 Å². The van der Waals surface area contributed by atoms with Crippen LogP contribution >= 0.6 is 11.3 Å². The smallest absolute Gasteiger partial charge is 0.161 e. The Kier molecular flexibility index (Phi) is 6.53. The molecule has 114 valence electrons. The highest BCUT2D eigenvalue weighted by molar-refractivity contribution is 7.07. The van der Waals surface area contributed by atoms with Crippen LogP contribution in [0.3, 0.4) is 0 Å². The Hall–Kier alpha value is -1.56. The number of para-hydroxylation sites is 2. The van der Waals surface area contributed by atoms with Gasteiger partial charge in [0.1, 0.15) is 12.7 Å². The second kappa shape index (κ2) is 8.67. The van der Waals surface area contributed by atoms with E-state index in [1.165, 1.54) is 5.56 Å². The number of rotatable bonds is 9. The van der Waals surface area contributed by atoms with Gasteiger partial charge in [-0.15, -0.1) is 0 Å². The van der Waals surface area contributed by atoms with Crippen molar-refractivity contribution in [3.8, 4) is 11.5 Å². The molecule has 0 amide bonds. The van der Waals surface area contributed by atoms with E-state index in [0.29, 0.717) is 18.0 Å². The van der Waals surface area contributed by atoms with Gasteiger partial charge in [0.2, 0.25) is 0 Å². The number of aliphatic hydroxyl groups excluding tert-OH is 1. The lowest BCUT2D eigenvalue weighted by atomic mass is 10.2. The number of aliphatic hydroxyl groups is 1. The highest BCUT2D eigenvalue weighted by atomic mass is 32.1. The van der Waals surface area contributed by atoms with Crippen LogP contribution in [0.25, 0.3) is 0 Å². The maximum Gasteiger partial charge on any atom is 0.161 e. The molecule has 2 N–H and O–H groups in total. The summed E-state index contributed by atoms with van der Waals surface area (Å²) in [6, 6.07) is 9.54. The van der Waals surface area contributed by atoms with Gasteiger partial charge in [0.05, 0.1) is 7.11 Å². The van der Waals surface area contributed by atoms with Crippen LogP contribution in [0.4, 0.5) is 0 Å². The third-order valence-corrected chi connectivity index (χ3v) is 3.78. The monoisotopic (exact) mass is 307 g/mol. The van der Waals surface area contributed by atoms with Crippen LogP contribution in [0.5, 0.6) is 11.5 Å². The molecule has 1 heterocycles. The second-order valence-corrected chi connectivity index (χ2v) is 5.48. The lowest BCUT2D eigenvalue weighted by molar-refractivity contribution is 0.105. The zero-order valence-electron chi connectivity index (χ0n) is 12.1. The van der Waals surface area contributed by atoms with E-state index in [1.807, 2.05) is 24.3 Å². The Bertz CT molecular complexity index is 516. The minimum atomic E-state index is -0.544. The Morgan fingerprint density at radius 2 is 2.05 bits per heavy atom. The summed E-state index contributed by atoms with van der Waals surface area (Å²) < 4.78 is 10.8. The molecule has 0 fully saturated rings. The third kappa shape index (κ3) is 5.38. The lowest BCUT2D eigenvalue weighted by Gasteiger charge is -2.14. The molecule has 0 radical (unpaired) electrons. The fourth-order valence-electron chi connectivity index (χ4n) is 1.92. The van der Waals surface area contributed by atoms with Gasteiger partial charge in [0, 0.05) is 6.54 Å². The van der Waals surface area contributed by atoms with Crippen molar-refractivity contribution in [2.45, 2.75) is 12.5 Å². The van der Waals surface area contributed by atoms with Crippen molar-refractivity contribution in [2.75, 3.05) is 26.8 Å². The first-order valence-corrected chi connectivity index (χ1v) is 7.89. The molecule has 21 heavy (non-hydrogen) atoms. The lowest BCUT2D eigenvalue weighted by Crippen LogP contribution is -2.32. The Morgan fingerprint density at radius 1 is 1.24 bits per heavy atom. The molecule has 0 bridgehead atoms. The van der Waals surface area contributed by atoms with Crippen LogP contribution in [-0.4, -0.2) is 38.0 Å². The topological polar surface area (TPSA) is 50.7 Å². The van der Waals surface area contributed by atoms with E-state index in [2.05, 4.69) is 22.1 Å². The molecule has 5 heteroatoms. The summed E-state index contributed by atoms with van der Waals surface area (Å²) in [5.41, 5.74) is 1.33. The average molecular weight is 307 g/mol. The zero-order valence-corrected chi connectivity index (χ0v) is 12.9. The van der Waals surface area contributed by atoms with Gasteiger partial charge in [0.15, 0.2) is 11.5 Å². The van der Waals surface area contributed by atoms with Gasteiger partial charge in [-0.2, -0.15) is 11.3 Å². The molecular weight excluding hydrogens is 286 g/mol. The van der Waals surface area contributed by atoms with Crippen LogP contribution in [-0.2, 0) is 6.42 Å². The summed E-state index contributed by atoms with van der Waals surface area (Å²) in [5, 5.41) is 17.4. The van der Waals surface area contributed by atoms with Crippen LogP contribution < -0.4 is 14.8 Å². The van der Waals surface area contributed by atoms with Gasteiger partial charge in [-0.1, -0.05) is 12.1 Å². The molecule has 1 unspecified atom stereocenters. The summed E-state index contributed by atoms with van der Waals surface area (Å²) in [5.74, 6) is 1.33. The molecule has 0 aliphatic rings. The van der Waals surface area contributed by atoms with Gasteiger partial charge in [-0.25, -0.2) is 0 Å². The van der Waals surface area contributed by atoms with Gasteiger partial charge >= 0.3 is 0 Å². The molecule has 1 aromatic carbocycles. The van der Waals surface area contributed by atoms with Crippen LogP contribution in [0.1, 0.15) is 5.56 Å². The normalized spacial score (nSPS) is 12.1. The molecule has 1 atom stereocenters. The maximum absolute atomic E-state index is 9.91. The molecule has 1 aromatic heterocycles. The average Bonchev–Trinajstić information content (AvgIpc) is 3.03. The minimum Gasteiger partial charge on any atom is -0.493 e. The first-order chi connectivity index (χ1) is 10.3. The highest BCUT2D eigenvalue weighted by Gasteiger charge is 2.07. The largest absolute Gasteiger partial charge is 0.493 e. The number of hydrogen-bond donors (Lipinski definition) is 2. The van der Waals surface area contributed by atoms with Crippen LogP contribution in [0.2, 0.25) is 0 Å². The van der Waals surface area contributed by atoms with E-state index in [1.54, 1.807) is 18.4 Å². The van der Waals surface area contributed by atoms with Crippen molar-refractivity contribution < 1.29 is 14.6 Å². The first-order valence-electron chi connectivity index (χ1n) is 6.95. The molecule has 0 saturated heterocycles. The summed E-state index contributed by atoms with van der Waals surface area (Å²) >= 11 is 1.70. The van der Waals surface area contributed by atoms with Gasteiger partial charge in [0.25, 0.3) is 0 Å². The summed E-state index contributed by atoms with van der Waals surface area (Å²) in [4.78, 5) is 0. The Labute approximate surface area is 129 Å². The quantitative estimate of drug-likeness (QED) is 0.698. The maximum atomic E-state index is 9.91. The van der Waals surface area contributed by atoms with E-state index in [9.17, 15) is 5.11 Å². The fraction of sp³-hybridized carbons (Fsp3) is 0.375. The molecule has 0 aliphatic carbocycles. The summed E-state index contributed by atoms with van der Waals surface area (Å²) in [7, 11) is 1.60. The number of thiophene rings is 1. The first kappa shape index (κ1) is 15.8. The molecule has 4 nitrogen and oxygen atoms in total. The summed E-state index contributed by atoms with van der Waals surface area (Å²) in [6.07, 6.45) is 0.432. The number of nitrogens with one attached hydrogen (secondary N) is 1. The molecule has 0 spiro atoms. The van der Waals surface area contributed by atoms with Crippen molar-refractivity contribution in [2.24, 2.45) is 0 Å². The zero-order chi connectivity index (χ0) is 14.9. The molecule has 2 rings (SSSR count). The van der Waals surface area contributed by atoms with Crippen molar-refractivity contribution in [1.82, 2.24) is 5.32 Å². The molecule has 2 aromatic rings. The predicted molar refractivity (Wildman–Crippen MR) is 85.4 cm³/mol. The number of hydrogen-bond acceptors (Lipinski definition) is 5. The van der Waals surface area contributed by atoms with E-state index in [4.69, 9.17) is 9.47 Å². The summed E-state index contributed by atoms with van der Waals surface area (Å²) in [6.45, 7) is 1.60. The Morgan fingerprint density at radius 3 is 2.76 bits per heavy atom. The number of benzene rings is 1. The number of methoxy groups -OCH3 is 1. The van der Waals surface area contributed by atoms with E-state index < -0.39 is 6.10 Å². The Balaban J connectivity index is 1.64. The van der Waals surface area contributed by atoms with Crippen molar-refractivity contribution in [3.05, 3.63) is 46.7 Å². The highest BCUT2D eigenvalue weighted by Crippen LogP contribution is 2.25. The fourth-order valence-corrected chi connectivity index (χ4v) is 2.62. The van der Waals surface area contributed by atoms with E-state index in [-0.39, 0.29) is 6.61 Å². The van der Waals surface area contributed by atoms with Crippen LogP contribution in [0.15, 0.2) is 41.1 Å². The minimum absolute atomic E-state index is 0.242. The van der Waals surface area contributed by atoms with Crippen molar-refractivity contribution in [3.63, 3.8) is 0 Å². The van der Waals surface area contributed by atoms with Gasteiger partial charge in [-0.3, -0.25) is 0 Å². The second-order valence-electron chi connectivity index (χ2n) is 4.70. The SMILES string of the molecule is COc1ccccc1OCC(O)CNCCc1ccsc1. The molecule has 0 aliphatic heterocycles. The van der Waals surface area contributed by atoms with Crippen molar-refractivity contribution in [1.29, 1.82) is 0 Å². The van der Waals surface area contributed by atoms with Crippen molar-refractivity contribution >= 4 is 11.3 Å². The molecule has 0 saturated carbocycles. The predicted octanol–water partition coefficient (Wildman–Crippen LogP) is 2.33. The van der Waals surface area contributed by atoms with E-state index >= 15 is 0 Å². The van der Waals surface area contributed by atoms with Crippen LogP contribution in [0, 0.1) is 0 Å². The molecular formula is C16H21NO3S. The standard InChI is InChI=1S/C16H21NO3S/c1-19-15-4-2-3-5-16(15)20-11-14(18)10-17-8-6-13-7-9-21-12-13/h2-5,7,9,12,14,17-18H,6,8,10-11H2,1H3. The third-order valence-electron chi connectivity index (χ3n) is 3.05. The number of ether oxygens (including phenoxy) is 2. The van der Waals surface area contributed by atoms with E-state index in [0.717, 1.165) is 13.0 Å².